The number of halogens is 3. The fourth-order valence-corrected chi connectivity index (χ4v) is 15.4. The largest absolute Gasteiger partial charge is 0.480 e. The van der Waals surface area contributed by atoms with E-state index in [1.165, 1.54) is 38.3 Å². The summed E-state index contributed by atoms with van der Waals surface area (Å²) < 4.78 is 57.3. The van der Waals surface area contributed by atoms with Gasteiger partial charge in [0.25, 0.3) is 0 Å². The number of likely N-dealkylation sites (N-methyl/N-ethyl adjacent to an activating group) is 2. The van der Waals surface area contributed by atoms with Gasteiger partial charge >= 0.3 is 30.2 Å². The zero-order valence-electron chi connectivity index (χ0n) is 69.9. The van der Waals surface area contributed by atoms with Crippen LogP contribution in [0.5, 0.6) is 0 Å². The smallest absolute Gasteiger partial charge is 0.471 e. The van der Waals surface area contributed by atoms with E-state index in [0.717, 1.165) is 27.1 Å². The Balaban J connectivity index is 1.33. The molecular formula is C80H124F3N15O19S. The molecule has 2 aromatic carbocycles. The zero-order chi connectivity index (χ0) is 88.4. The number of hydrogen-bond donors (Lipinski definition) is 12. The molecule has 4 rings (SSSR count). The number of carboxylic acids is 1. The molecule has 2 fully saturated rings. The molecule has 38 heteroatoms. The Morgan fingerprint density at radius 2 is 1.33 bits per heavy atom. The van der Waals surface area contributed by atoms with Gasteiger partial charge in [0.1, 0.15) is 42.9 Å². The van der Waals surface area contributed by atoms with Crippen LogP contribution >= 0.6 is 11.8 Å². The molecule has 15 N–H and O–H groups in total. The van der Waals surface area contributed by atoms with Crippen molar-refractivity contribution in [3.05, 3.63) is 65.7 Å². The Labute approximate surface area is 692 Å². The number of primary amides is 1. The molecule has 0 spiro atoms. The summed E-state index contributed by atoms with van der Waals surface area (Å²) in [5, 5.41) is 28.8. The third-order valence-corrected chi connectivity index (χ3v) is 22.3. The number of likely N-dealkylation sites (tertiary alicyclic amines) is 2. The quantitative estimate of drug-likeness (QED) is 0.0327. The summed E-state index contributed by atoms with van der Waals surface area (Å²) in [6.45, 7) is 16.2. The van der Waals surface area contributed by atoms with Crippen molar-refractivity contribution in [2.75, 3.05) is 65.6 Å². The van der Waals surface area contributed by atoms with Crippen molar-refractivity contribution in [2.24, 2.45) is 46.8 Å². The number of nitrogens with one attached hydrogen (secondary N) is 8. The first-order valence-corrected chi connectivity index (χ1v) is 41.2. The molecule has 0 saturated carbocycles. The minimum absolute atomic E-state index is 0.000806. The van der Waals surface area contributed by atoms with Gasteiger partial charge in [0.2, 0.25) is 65.0 Å². The Hall–Kier alpha value is -9.53. The number of hydrogen-bond acceptors (Lipinski definition) is 21. The molecule has 2 aliphatic heterocycles. The van der Waals surface area contributed by atoms with Crippen LogP contribution in [0.15, 0.2) is 54.6 Å². The van der Waals surface area contributed by atoms with E-state index in [4.69, 9.17) is 31.4 Å². The van der Waals surface area contributed by atoms with E-state index in [-0.39, 0.29) is 101 Å². The molecule has 0 aromatic heterocycles. The summed E-state index contributed by atoms with van der Waals surface area (Å²) in [5.41, 5.74) is 18.0. The number of urea groups is 1. The van der Waals surface area contributed by atoms with Crippen LogP contribution in [0.2, 0.25) is 0 Å². The second kappa shape index (κ2) is 49.8. The number of carboxylic acid groups (broad SMARTS) is 1. The second-order valence-electron chi connectivity index (χ2n) is 31.0. The van der Waals surface area contributed by atoms with Crippen molar-refractivity contribution in [1.29, 1.82) is 0 Å². The van der Waals surface area contributed by atoms with Crippen LogP contribution in [-0.2, 0) is 89.6 Å². The van der Waals surface area contributed by atoms with Crippen LogP contribution < -0.4 is 59.7 Å². The second-order valence-corrected chi connectivity index (χ2v) is 32.4. The van der Waals surface area contributed by atoms with Crippen LogP contribution in [0.3, 0.4) is 0 Å². The number of aliphatic carboxylic acids is 1. The molecule has 0 aliphatic carbocycles. The van der Waals surface area contributed by atoms with E-state index < -0.39 is 191 Å². The van der Waals surface area contributed by atoms with Crippen LogP contribution in [0.25, 0.3) is 0 Å². The number of thioether (sulfide) groups is 1. The van der Waals surface area contributed by atoms with Crippen LogP contribution in [0, 0.1) is 29.6 Å². The molecule has 660 valence electrons. The molecular weight excluding hydrogens is 1560 g/mol. The molecule has 2 unspecified atom stereocenters. The van der Waals surface area contributed by atoms with Gasteiger partial charge in [0.05, 0.1) is 47.9 Å². The molecule has 34 nitrogen and oxygen atoms in total. The number of benzene rings is 2. The minimum Gasteiger partial charge on any atom is -0.480 e. The van der Waals surface area contributed by atoms with Crippen LogP contribution in [0.1, 0.15) is 170 Å². The van der Waals surface area contributed by atoms with Gasteiger partial charge in [-0.15, -0.1) is 11.8 Å². The number of nitrogens with zero attached hydrogens (tertiary/aromatic N) is 4. The van der Waals surface area contributed by atoms with Gasteiger partial charge in [-0.05, 0) is 117 Å². The molecule has 15 amide bonds. The van der Waals surface area contributed by atoms with E-state index in [1.54, 1.807) is 108 Å². The van der Waals surface area contributed by atoms with E-state index in [0.29, 0.717) is 57.2 Å². The summed E-state index contributed by atoms with van der Waals surface area (Å²) in [4.78, 5) is 205. The first-order chi connectivity index (χ1) is 55.6. The summed E-state index contributed by atoms with van der Waals surface area (Å²) >= 11 is 0.881. The van der Waals surface area contributed by atoms with Gasteiger partial charge in [-0.1, -0.05) is 124 Å². The number of unbranched alkanes of at least 4 members (excludes halogenated alkanes) is 3. The monoisotopic (exact) mass is 1690 g/mol. The van der Waals surface area contributed by atoms with Crippen molar-refractivity contribution in [3.8, 4) is 0 Å². The molecule has 2 aromatic rings. The lowest BCUT2D eigenvalue weighted by Crippen LogP contribution is -2.60. The summed E-state index contributed by atoms with van der Waals surface area (Å²) in [5.74, 6) is -13.6. The first kappa shape index (κ1) is 101. The fraction of sp³-hybridized carbons (Fsp3) is 0.662. The molecule has 0 bridgehead atoms. The fourth-order valence-electron chi connectivity index (χ4n) is 14.2. The Bertz CT molecular complexity index is 3700. The lowest BCUT2D eigenvalue weighted by atomic mass is 9.89. The van der Waals surface area contributed by atoms with E-state index >= 15 is 0 Å². The Morgan fingerprint density at radius 3 is 1.92 bits per heavy atom. The maximum Gasteiger partial charge on any atom is 0.471 e. The normalized spacial score (nSPS) is 17.3. The number of anilines is 1. The third-order valence-electron chi connectivity index (χ3n) is 21.1. The Kier molecular flexibility index (Phi) is 42.5. The van der Waals surface area contributed by atoms with Crippen molar-refractivity contribution < 1.29 is 104 Å². The van der Waals surface area contributed by atoms with Crippen LogP contribution in [0.4, 0.5) is 28.4 Å². The van der Waals surface area contributed by atoms with Gasteiger partial charge in [-0.25, -0.2) is 14.4 Å². The van der Waals surface area contributed by atoms with Crippen LogP contribution in [-0.4, -0.2) is 252 Å². The third kappa shape index (κ3) is 31.6. The highest BCUT2D eigenvalue weighted by Gasteiger charge is 2.46. The molecule has 14 atom stereocenters. The predicted molar refractivity (Wildman–Crippen MR) is 432 cm³/mol. The maximum absolute atomic E-state index is 14.9. The summed E-state index contributed by atoms with van der Waals surface area (Å²) in [6, 6.07) is 4.19. The van der Waals surface area contributed by atoms with Crippen molar-refractivity contribution in [3.63, 3.8) is 0 Å². The van der Waals surface area contributed by atoms with Gasteiger partial charge in [0, 0.05) is 72.9 Å². The topological polar surface area (TPSA) is 491 Å². The standard InChI is InChI=1S/C80H124F3N15O19S/c1-14-48(8)66(58(115-12)42-61(100)97-39-24-29-57(97)67(116-13)49(9)68(102)90-56(76(110)111)41-50-25-17-15-18-26-50)95(10)75(109)64(46(4)5)93-73(107)65(47(6)7)96(11)79(114)117-44-51-31-33-52(34-32-51)88-70(104)54(28-23-37-87-78(86)113)89-72(106)63(45(2)3)92-60(99)30-19-16-22-38-98-62(101)43-59(74(98)108)118-40-35-55(91-77(112)80(81,82)83)71(105)94-69(103)53(85)27-20-21-36-84/h15,17-18,25-26,31-34,45-49,53-59,63-67H,14,16,19-24,27-30,35-44,84-85H2,1-13H3,(H,88,104)(H,89,106)(H,90,102)(H,91,112)(H,92,99)(H,93,107)(H,110,111)(H3,86,87,113)(H,94,103,105)/t48-,49+,53-,54-,55?,56-,57-,58+,59?,63-,64-,65-,66-,67+/m0/s1. The lowest BCUT2D eigenvalue weighted by Gasteiger charge is -2.41. The SMILES string of the molecule is CC[C@H](C)[C@@H]([C@@H](CC(=O)N1CCC[C@H]1[C@H](OC)[C@@H](C)C(=O)N[C@@H](Cc1ccccc1)C(=O)O)OC)N(C)C(=O)[C@@H](NC(=O)[C@H](C(C)C)N(C)C(=O)OCc1ccc(NC(=O)[C@H](CCCNC(N)=O)NC(=O)[C@@H](NC(=O)CCCCCN2C(=O)CC(SCCC(NC(=O)C(F)(F)F)C(=O)NC(=O)[C@@H](N)CCCCN)C2=O)C(C)C)cc1)C(C)C. The Morgan fingerprint density at radius 1 is 0.686 bits per heavy atom. The van der Waals surface area contributed by atoms with Crippen molar-refractivity contribution in [2.45, 2.75) is 250 Å². The number of carbonyl (C=O) groups is 15. The number of imide groups is 2. The highest BCUT2D eigenvalue weighted by Crippen LogP contribution is 2.32. The highest BCUT2D eigenvalue weighted by molar-refractivity contribution is 8.00. The molecule has 2 saturated heterocycles. The number of amides is 15. The highest BCUT2D eigenvalue weighted by atomic mass is 32.2. The predicted octanol–water partition coefficient (Wildman–Crippen LogP) is 4.12. The molecule has 118 heavy (non-hydrogen) atoms. The lowest BCUT2D eigenvalue weighted by molar-refractivity contribution is -0.174. The number of methoxy groups -OCH3 is 2. The first-order valence-electron chi connectivity index (χ1n) is 40.2. The van der Waals surface area contributed by atoms with Gasteiger partial charge < -0.3 is 83.5 Å². The summed E-state index contributed by atoms with van der Waals surface area (Å²) in [7, 11) is 5.88. The van der Waals surface area contributed by atoms with Gasteiger partial charge in [-0.3, -0.25) is 72.7 Å². The summed E-state index contributed by atoms with van der Waals surface area (Å²) in [6.07, 6.45) is -4.95. The van der Waals surface area contributed by atoms with Crippen molar-refractivity contribution in [1.82, 2.24) is 56.8 Å². The zero-order valence-corrected chi connectivity index (χ0v) is 70.7. The van der Waals surface area contributed by atoms with E-state index in [1.807, 2.05) is 19.2 Å². The number of ether oxygens (including phenoxy) is 3. The van der Waals surface area contributed by atoms with Gasteiger partial charge in [0.15, 0.2) is 0 Å². The maximum atomic E-state index is 14.9. The van der Waals surface area contributed by atoms with E-state index in [2.05, 4.69) is 31.9 Å². The molecule has 2 aliphatic rings. The minimum atomic E-state index is -5.36. The number of alkyl halides is 3. The molecule has 0 radical (unpaired) electrons. The number of rotatable bonds is 50. The van der Waals surface area contributed by atoms with Gasteiger partial charge in [-0.2, -0.15) is 13.2 Å². The van der Waals surface area contributed by atoms with Crippen molar-refractivity contribution >= 4 is 106 Å². The number of carbonyl (C=O) groups excluding carboxylic acids is 14. The van der Waals surface area contributed by atoms with E-state index in [9.17, 15) is 90.2 Å². The number of nitrogens with two attached hydrogens (primary N) is 3. The average Bonchev–Trinajstić information content (AvgIpc) is 1.40. The average molecular weight is 1690 g/mol. The molecule has 2 heterocycles.